The predicted molar refractivity (Wildman–Crippen MR) is 214 cm³/mol. The van der Waals surface area contributed by atoms with Crippen molar-refractivity contribution in [3.8, 4) is 0 Å². The molecule has 2 heteroatoms. The van der Waals surface area contributed by atoms with Crippen molar-refractivity contribution in [2.75, 3.05) is 0 Å². The molecule has 2 unspecified atom stereocenters. The molecule has 0 nitrogen and oxygen atoms in total. The number of allylic oxidation sites excluding steroid dienone is 2. The van der Waals surface area contributed by atoms with E-state index in [1.807, 2.05) is 0 Å². The Hall–Kier alpha value is -3.59. The summed E-state index contributed by atoms with van der Waals surface area (Å²) in [6, 6.07) is 52.6. The summed E-state index contributed by atoms with van der Waals surface area (Å²) in [6.07, 6.45) is 7.75. The Balaban J connectivity index is 0.000000570. The van der Waals surface area contributed by atoms with Gasteiger partial charge in [0.25, 0.3) is 0 Å². The molecular weight excluding hydrogens is 783 g/mol. The molecule has 6 aromatic rings. The van der Waals surface area contributed by atoms with Crippen LogP contribution in [-0.4, -0.2) is 9.52 Å². The third-order valence-electron chi connectivity index (χ3n) is 10.7. The van der Waals surface area contributed by atoms with Crippen molar-refractivity contribution in [3.05, 3.63) is 192 Å². The zero-order chi connectivity index (χ0) is 32.5. The van der Waals surface area contributed by atoms with E-state index in [1.165, 1.54) is 112 Å². The second-order valence-corrected chi connectivity index (χ2v) is 14.8. The molecule has 0 amide bonds. The van der Waals surface area contributed by atoms with Crippen molar-refractivity contribution < 1.29 is 25.8 Å². The number of hydrogen-bond donors (Lipinski definition) is 0. The molecular formula is C48H46HfSi-2. The van der Waals surface area contributed by atoms with Crippen molar-refractivity contribution in [3.63, 3.8) is 0 Å². The van der Waals surface area contributed by atoms with Gasteiger partial charge in [-0.25, -0.2) is 0 Å². The number of rotatable bonds is 6. The Bertz CT molecular complexity index is 2010. The van der Waals surface area contributed by atoms with E-state index < -0.39 is 0 Å². The Morgan fingerprint density at radius 2 is 0.880 bits per heavy atom. The second-order valence-electron chi connectivity index (χ2n) is 13.3. The standard InChI is InChI=1S/C43H35.C4H8Si.CH3.Hf/c1-3-30-40(34-21-9-11-23-38(34)42(30)36-25-13-17-28-15-5-7-19-32(28)36)27-41-31(4-2)43(39-24-12-10-22-35(39)41)37-26-14-18-29-16-6-8-20-33(29)37;1-2-4-5-3-1;;/h5-27,40-41H,3-4H2,1-2H3;1-4H2;1H3;/q-1;;-1;. The van der Waals surface area contributed by atoms with Gasteiger partial charge in [-0.15, -0.1) is 11.8 Å². The van der Waals surface area contributed by atoms with Crippen LogP contribution in [0.3, 0.4) is 0 Å². The molecule has 2 atom stereocenters. The summed E-state index contributed by atoms with van der Waals surface area (Å²) in [5.41, 5.74) is 14.3. The maximum Gasteiger partial charge on any atom is 0.0377 e. The van der Waals surface area contributed by atoms with E-state index in [1.54, 1.807) is 0 Å². The molecule has 1 saturated heterocycles. The van der Waals surface area contributed by atoms with Gasteiger partial charge in [-0.1, -0.05) is 195 Å². The molecule has 0 spiro atoms. The number of hydrogen-bond acceptors (Lipinski definition) is 0. The monoisotopic (exact) mass is 830 g/mol. The van der Waals surface area contributed by atoms with E-state index in [2.05, 4.69) is 154 Å². The van der Waals surface area contributed by atoms with Crippen LogP contribution in [0.2, 0.25) is 12.1 Å². The molecule has 0 bridgehead atoms. The molecule has 0 saturated carbocycles. The minimum atomic E-state index is 0. The summed E-state index contributed by atoms with van der Waals surface area (Å²) in [4.78, 5) is 0. The van der Waals surface area contributed by atoms with Crippen LogP contribution in [-0.2, 0) is 25.8 Å². The summed E-state index contributed by atoms with van der Waals surface area (Å²) in [5, 5.41) is 5.27. The fourth-order valence-corrected chi connectivity index (χ4v) is 9.85. The third kappa shape index (κ3) is 6.51. The minimum absolute atomic E-state index is 0. The van der Waals surface area contributed by atoms with Gasteiger partial charge in [0.2, 0.25) is 0 Å². The van der Waals surface area contributed by atoms with Gasteiger partial charge in [0.1, 0.15) is 0 Å². The van der Waals surface area contributed by atoms with E-state index in [4.69, 9.17) is 0 Å². The average molecular weight is 829 g/mol. The van der Waals surface area contributed by atoms with E-state index in [0.717, 1.165) is 12.8 Å². The largest absolute Gasteiger partial charge is 0.358 e. The van der Waals surface area contributed by atoms with Gasteiger partial charge in [0, 0.05) is 35.4 Å². The van der Waals surface area contributed by atoms with Crippen LogP contribution in [0.5, 0.6) is 0 Å². The molecule has 248 valence electrons. The topological polar surface area (TPSA) is 0 Å². The fourth-order valence-electron chi connectivity index (χ4n) is 8.60. The predicted octanol–water partition coefficient (Wildman–Crippen LogP) is 13.3. The van der Waals surface area contributed by atoms with Crippen LogP contribution in [0, 0.1) is 13.8 Å². The Morgan fingerprint density at radius 3 is 1.30 bits per heavy atom. The second kappa shape index (κ2) is 16.2. The van der Waals surface area contributed by atoms with Gasteiger partial charge in [0.05, 0.1) is 0 Å². The van der Waals surface area contributed by atoms with Gasteiger partial charge in [-0.3, -0.25) is 0 Å². The summed E-state index contributed by atoms with van der Waals surface area (Å²) < 4.78 is 0. The molecule has 1 heterocycles. The van der Waals surface area contributed by atoms with Crippen molar-refractivity contribution >= 4 is 42.2 Å². The van der Waals surface area contributed by atoms with Crippen molar-refractivity contribution in [2.45, 2.75) is 63.5 Å². The molecule has 1 aliphatic heterocycles. The van der Waals surface area contributed by atoms with Gasteiger partial charge in [-0.2, -0.15) is 0 Å². The maximum absolute atomic E-state index is 2.69. The van der Waals surface area contributed by atoms with Crippen molar-refractivity contribution in [2.24, 2.45) is 0 Å². The van der Waals surface area contributed by atoms with Crippen molar-refractivity contribution in [1.82, 2.24) is 0 Å². The van der Waals surface area contributed by atoms with Gasteiger partial charge in [-0.05, 0) is 67.8 Å². The summed E-state index contributed by atoms with van der Waals surface area (Å²) in [6.45, 7) is 4.68. The molecule has 0 aromatic heterocycles. The molecule has 2 aliphatic carbocycles. The molecule has 1 fully saturated rings. The zero-order valence-corrected chi connectivity index (χ0v) is 34.3. The maximum atomic E-state index is 2.69. The number of fused-ring (bicyclic) bond motifs is 4. The normalized spacial score (nSPS) is 17.6. The molecule has 3 aliphatic rings. The molecule has 9 rings (SSSR count). The van der Waals surface area contributed by atoms with Crippen LogP contribution in [0.1, 0.15) is 84.7 Å². The summed E-state index contributed by atoms with van der Waals surface area (Å²) in [7, 11) is 1.31. The molecule has 50 heavy (non-hydrogen) atoms. The SMILES string of the molecule is C1CC[Si]C1.CCC1=C(c2cccc3ccccc23)c2ccccc2C1[CH-]C1C(CC)=C(c2cccc3ccccc23)c2ccccc21.[CH3-].[Hf]. The Morgan fingerprint density at radius 1 is 0.500 bits per heavy atom. The fraction of sp³-hybridized carbons (Fsp3) is 0.208. The first-order valence-electron chi connectivity index (χ1n) is 17.9. The Labute approximate surface area is 321 Å². The van der Waals surface area contributed by atoms with E-state index in [0.29, 0.717) is 0 Å². The Kier molecular flexibility index (Phi) is 11.7. The molecule has 6 aromatic carbocycles. The zero-order valence-electron chi connectivity index (χ0n) is 29.7. The van der Waals surface area contributed by atoms with Crippen LogP contribution in [0.25, 0.3) is 32.7 Å². The number of benzene rings is 6. The third-order valence-corrected chi connectivity index (χ3v) is 12.2. The molecule has 0 N–H and O–H groups in total. The quantitative estimate of drug-likeness (QED) is 0.116. The summed E-state index contributed by atoms with van der Waals surface area (Å²) >= 11 is 0. The summed E-state index contributed by atoms with van der Waals surface area (Å²) in [5.74, 6) is 0.531. The van der Waals surface area contributed by atoms with Crippen LogP contribution in [0.15, 0.2) is 145 Å². The minimum Gasteiger partial charge on any atom is -0.358 e. The van der Waals surface area contributed by atoms with Gasteiger partial charge in [0.15, 0.2) is 0 Å². The van der Waals surface area contributed by atoms with Gasteiger partial charge < -0.3 is 13.8 Å². The van der Waals surface area contributed by atoms with E-state index in [-0.39, 0.29) is 45.1 Å². The average Bonchev–Trinajstić information content (AvgIpc) is 3.90. The van der Waals surface area contributed by atoms with E-state index in [9.17, 15) is 0 Å². The van der Waals surface area contributed by atoms with Crippen molar-refractivity contribution in [1.29, 1.82) is 0 Å². The van der Waals surface area contributed by atoms with Crippen LogP contribution in [0.4, 0.5) is 0 Å². The smallest absolute Gasteiger partial charge is 0.0377 e. The van der Waals surface area contributed by atoms with Crippen LogP contribution >= 0.6 is 0 Å². The first-order chi connectivity index (χ1) is 23.8. The molecule has 2 radical (unpaired) electrons. The first kappa shape index (κ1) is 36.2. The van der Waals surface area contributed by atoms with Gasteiger partial charge >= 0.3 is 0 Å². The van der Waals surface area contributed by atoms with Crippen LogP contribution < -0.4 is 0 Å². The first-order valence-corrected chi connectivity index (χ1v) is 19.4. The van der Waals surface area contributed by atoms with E-state index >= 15 is 0 Å².